The summed E-state index contributed by atoms with van der Waals surface area (Å²) in [5.41, 5.74) is 1.85. The van der Waals surface area contributed by atoms with E-state index in [0.717, 1.165) is 0 Å². The summed E-state index contributed by atoms with van der Waals surface area (Å²) < 4.78 is 13.1. The fourth-order valence-corrected chi connectivity index (χ4v) is 1.64. The van der Waals surface area contributed by atoms with Crippen molar-refractivity contribution in [3.63, 3.8) is 0 Å². The average Bonchev–Trinajstić information content (AvgIpc) is 2.64. The highest BCUT2D eigenvalue weighted by Crippen LogP contribution is 2.28. The van der Waals surface area contributed by atoms with E-state index in [-0.39, 0.29) is 16.5 Å². The molecule has 5 heteroatoms. The molecule has 2 rings (SSSR count). The van der Waals surface area contributed by atoms with Crippen LogP contribution in [0.3, 0.4) is 0 Å². The molecule has 0 atom stereocenters. The molecule has 0 radical (unpaired) electrons. The quantitative estimate of drug-likeness (QED) is 0.818. The second-order valence-corrected chi connectivity index (χ2v) is 3.76. The van der Waals surface area contributed by atoms with Gasteiger partial charge in [0.15, 0.2) is 6.29 Å². The van der Waals surface area contributed by atoms with Crippen molar-refractivity contribution in [3.8, 4) is 11.3 Å². The molecule has 0 saturated carbocycles. The predicted molar refractivity (Wildman–Crippen MR) is 59.1 cm³/mol. The first-order chi connectivity index (χ1) is 7.63. The predicted octanol–water partition coefficient (Wildman–Crippen LogP) is 2.99. The molecule has 0 bridgehead atoms. The minimum Gasteiger partial charge on any atom is -0.296 e. The summed E-state index contributed by atoms with van der Waals surface area (Å²) in [6.07, 6.45) is 0.592. The fourth-order valence-electron chi connectivity index (χ4n) is 1.40. The molecule has 0 amide bonds. The molecular weight excluding hydrogens is 231 g/mol. The Labute approximate surface area is 96.2 Å². The summed E-state index contributed by atoms with van der Waals surface area (Å²) in [5.74, 6) is -0.286. The molecule has 1 N–H and O–H groups in total. The van der Waals surface area contributed by atoms with E-state index in [0.29, 0.717) is 23.1 Å². The van der Waals surface area contributed by atoms with E-state index in [9.17, 15) is 9.18 Å². The molecule has 3 nitrogen and oxygen atoms in total. The van der Waals surface area contributed by atoms with Crippen molar-refractivity contribution >= 4 is 17.9 Å². The number of carbonyl (C=O) groups is 1. The largest absolute Gasteiger partial charge is 0.296 e. The number of aromatic amines is 1. The third-order valence-corrected chi connectivity index (χ3v) is 2.66. The number of aromatic nitrogens is 2. The van der Waals surface area contributed by atoms with E-state index < -0.39 is 0 Å². The Morgan fingerprint density at radius 1 is 1.50 bits per heavy atom. The monoisotopic (exact) mass is 238 g/mol. The molecule has 2 aromatic rings. The second kappa shape index (κ2) is 4.06. The lowest BCUT2D eigenvalue weighted by Crippen LogP contribution is -1.85. The molecule has 0 aliphatic heterocycles. The van der Waals surface area contributed by atoms with Gasteiger partial charge in [0.05, 0.1) is 5.02 Å². The molecule has 1 heterocycles. The molecule has 82 valence electrons. The van der Waals surface area contributed by atoms with Gasteiger partial charge in [-0.25, -0.2) is 4.39 Å². The molecule has 0 aliphatic rings. The Morgan fingerprint density at radius 3 is 2.81 bits per heavy atom. The first-order valence-corrected chi connectivity index (χ1v) is 4.97. The van der Waals surface area contributed by atoms with Crippen LogP contribution in [0.15, 0.2) is 18.2 Å². The highest BCUT2D eigenvalue weighted by Gasteiger charge is 2.12. The number of aldehydes is 1. The van der Waals surface area contributed by atoms with E-state index in [2.05, 4.69) is 10.2 Å². The van der Waals surface area contributed by atoms with Crippen LogP contribution in [0.25, 0.3) is 11.3 Å². The summed E-state index contributed by atoms with van der Waals surface area (Å²) in [6.45, 7) is 1.65. The maximum Gasteiger partial charge on any atom is 0.169 e. The molecule has 1 aromatic carbocycles. The Kier molecular flexibility index (Phi) is 2.75. The van der Waals surface area contributed by atoms with Crippen LogP contribution in [-0.2, 0) is 0 Å². The van der Waals surface area contributed by atoms with Crippen molar-refractivity contribution in [2.45, 2.75) is 6.92 Å². The molecule has 0 unspecified atom stereocenters. The van der Waals surface area contributed by atoms with Crippen LogP contribution < -0.4 is 0 Å². The van der Waals surface area contributed by atoms with Crippen LogP contribution in [0.5, 0.6) is 0 Å². The number of hydrogen-bond acceptors (Lipinski definition) is 2. The number of nitrogens with one attached hydrogen (secondary N) is 1. The van der Waals surface area contributed by atoms with Gasteiger partial charge in [-0.05, 0) is 30.7 Å². The SMILES string of the molecule is Cc1cc(-c2n[nH]c(C=O)c2Cl)ccc1F. The Morgan fingerprint density at radius 2 is 2.25 bits per heavy atom. The highest BCUT2D eigenvalue weighted by molar-refractivity contribution is 6.35. The summed E-state index contributed by atoms with van der Waals surface area (Å²) >= 11 is 5.93. The Balaban J connectivity index is 2.54. The van der Waals surface area contributed by atoms with Crippen molar-refractivity contribution in [1.82, 2.24) is 10.2 Å². The topological polar surface area (TPSA) is 45.8 Å². The molecule has 16 heavy (non-hydrogen) atoms. The number of hydrogen-bond donors (Lipinski definition) is 1. The lowest BCUT2D eigenvalue weighted by Gasteiger charge is -2.00. The lowest BCUT2D eigenvalue weighted by atomic mass is 10.1. The average molecular weight is 239 g/mol. The van der Waals surface area contributed by atoms with Crippen LogP contribution in [-0.4, -0.2) is 16.5 Å². The zero-order chi connectivity index (χ0) is 11.7. The third kappa shape index (κ3) is 1.72. The molecule has 0 aliphatic carbocycles. The van der Waals surface area contributed by atoms with Gasteiger partial charge in [0.1, 0.15) is 17.2 Å². The number of benzene rings is 1. The number of H-pyrrole nitrogens is 1. The number of aryl methyl sites for hydroxylation is 1. The second-order valence-electron chi connectivity index (χ2n) is 3.38. The summed E-state index contributed by atoms with van der Waals surface area (Å²) in [4.78, 5) is 10.6. The van der Waals surface area contributed by atoms with Gasteiger partial charge in [0.2, 0.25) is 0 Å². The van der Waals surface area contributed by atoms with Crippen molar-refractivity contribution < 1.29 is 9.18 Å². The normalized spacial score (nSPS) is 10.4. The smallest absolute Gasteiger partial charge is 0.169 e. The first kappa shape index (κ1) is 10.8. The van der Waals surface area contributed by atoms with Crippen molar-refractivity contribution in [3.05, 3.63) is 40.3 Å². The van der Waals surface area contributed by atoms with Crippen molar-refractivity contribution in [1.29, 1.82) is 0 Å². The summed E-state index contributed by atoms with van der Waals surface area (Å²) in [6, 6.07) is 4.54. The summed E-state index contributed by atoms with van der Waals surface area (Å²) in [5, 5.41) is 6.68. The van der Waals surface area contributed by atoms with Crippen LogP contribution in [0, 0.1) is 12.7 Å². The minimum absolute atomic E-state index is 0.221. The van der Waals surface area contributed by atoms with Gasteiger partial charge in [-0.3, -0.25) is 9.89 Å². The minimum atomic E-state index is -0.286. The standard InChI is InChI=1S/C11H8ClFN2O/c1-6-4-7(2-3-8(6)13)11-10(12)9(5-16)14-15-11/h2-5H,1H3,(H,14,15). The molecule has 0 saturated heterocycles. The molecule has 0 spiro atoms. The highest BCUT2D eigenvalue weighted by atomic mass is 35.5. The van der Waals surface area contributed by atoms with Gasteiger partial charge in [0, 0.05) is 5.56 Å². The number of halogens is 2. The van der Waals surface area contributed by atoms with Gasteiger partial charge >= 0.3 is 0 Å². The van der Waals surface area contributed by atoms with E-state index in [1.807, 2.05) is 0 Å². The third-order valence-electron chi connectivity index (χ3n) is 2.28. The number of carbonyl (C=O) groups excluding carboxylic acids is 1. The molecular formula is C11H8ClFN2O. The summed E-state index contributed by atoms with van der Waals surface area (Å²) in [7, 11) is 0. The maximum atomic E-state index is 13.1. The van der Waals surface area contributed by atoms with Gasteiger partial charge < -0.3 is 0 Å². The Hall–Kier alpha value is -1.68. The molecule has 0 fully saturated rings. The molecule has 1 aromatic heterocycles. The zero-order valence-corrected chi connectivity index (χ0v) is 9.18. The van der Waals surface area contributed by atoms with Crippen LogP contribution in [0.2, 0.25) is 5.02 Å². The van der Waals surface area contributed by atoms with Crippen LogP contribution >= 0.6 is 11.6 Å². The van der Waals surface area contributed by atoms with Gasteiger partial charge in [-0.2, -0.15) is 5.10 Å². The van der Waals surface area contributed by atoms with Gasteiger partial charge in [-0.15, -0.1) is 0 Å². The van der Waals surface area contributed by atoms with Gasteiger partial charge in [0.25, 0.3) is 0 Å². The van der Waals surface area contributed by atoms with Crippen LogP contribution in [0.1, 0.15) is 16.1 Å². The van der Waals surface area contributed by atoms with Crippen molar-refractivity contribution in [2.75, 3.05) is 0 Å². The van der Waals surface area contributed by atoms with E-state index in [1.165, 1.54) is 6.07 Å². The van der Waals surface area contributed by atoms with E-state index in [1.54, 1.807) is 19.1 Å². The first-order valence-electron chi connectivity index (χ1n) is 4.59. The maximum absolute atomic E-state index is 13.1. The van der Waals surface area contributed by atoms with Crippen molar-refractivity contribution in [2.24, 2.45) is 0 Å². The lowest BCUT2D eigenvalue weighted by molar-refractivity contribution is 0.111. The number of rotatable bonds is 2. The number of nitrogens with zero attached hydrogens (tertiary/aromatic N) is 1. The fraction of sp³-hybridized carbons (Fsp3) is 0.0909. The van der Waals surface area contributed by atoms with Crippen LogP contribution in [0.4, 0.5) is 4.39 Å². The van der Waals surface area contributed by atoms with Gasteiger partial charge in [-0.1, -0.05) is 11.6 Å². The zero-order valence-electron chi connectivity index (χ0n) is 8.42. The van der Waals surface area contributed by atoms with E-state index in [4.69, 9.17) is 11.6 Å². The van der Waals surface area contributed by atoms with E-state index >= 15 is 0 Å². The Bertz CT molecular complexity index is 551.